The minimum absolute atomic E-state index is 0.0705. The number of aliphatic carboxylic acids is 1. The van der Waals surface area contributed by atoms with Crippen LogP contribution >= 0.6 is 11.8 Å². The Balaban J connectivity index is 1.92. The maximum absolute atomic E-state index is 12.1. The van der Waals surface area contributed by atoms with E-state index < -0.39 is 12.0 Å². The largest absolute Gasteiger partial charge is 0.480 e. The number of benzene rings is 1. The number of rotatable bonds is 4. The average molecular weight is 279 g/mol. The maximum Gasteiger partial charge on any atom is 0.327 e. The van der Waals surface area contributed by atoms with Crippen molar-refractivity contribution in [1.29, 1.82) is 0 Å². The van der Waals surface area contributed by atoms with Crippen molar-refractivity contribution in [2.75, 3.05) is 11.6 Å². The number of nitrogens with zero attached hydrogens (tertiary/aromatic N) is 1. The number of carbonyl (C=O) groups is 2. The van der Waals surface area contributed by atoms with Gasteiger partial charge in [0.1, 0.15) is 6.04 Å². The predicted octanol–water partition coefficient (Wildman–Crippen LogP) is 1.91. The van der Waals surface area contributed by atoms with Gasteiger partial charge >= 0.3 is 5.97 Å². The summed E-state index contributed by atoms with van der Waals surface area (Å²) in [6.07, 6.45) is 1.03. The molecule has 102 valence electrons. The fourth-order valence-electron chi connectivity index (χ4n) is 2.16. The van der Waals surface area contributed by atoms with Crippen molar-refractivity contribution >= 4 is 23.6 Å². The van der Waals surface area contributed by atoms with Gasteiger partial charge in [-0.15, -0.1) is 11.8 Å². The van der Waals surface area contributed by atoms with E-state index in [-0.39, 0.29) is 5.91 Å². The molecule has 1 aliphatic rings. The Morgan fingerprint density at radius 3 is 2.95 bits per heavy atom. The molecule has 1 heterocycles. The Hall–Kier alpha value is -1.49. The van der Waals surface area contributed by atoms with Crippen molar-refractivity contribution < 1.29 is 14.7 Å². The van der Waals surface area contributed by atoms with Gasteiger partial charge in [-0.1, -0.05) is 29.8 Å². The molecule has 1 saturated heterocycles. The van der Waals surface area contributed by atoms with E-state index in [1.807, 2.05) is 25.1 Å². The molecule has 19 heavy (non-hydrogen) atoms. The summed E-state index contributed by atoms with van der Waals surface area (Å²) in [6, 6.07) is 7.38. The number of carbonyl (C=O) groups excluding carboxylic acids is 1. The minimum atomic E-state index is -0.908. The molecule has 1 aromatic carbocycles. The molecule has 0 aliphatic carbocycles. The first-order valence-electron chi connectivity index (χ1n) is 6.23. The van der Waals surface area contributed by atoms with Crippen molar-refractivity contribution in [3.8, 4) is 0 Å². The van der Waals surface area contributed by atoms with E-state index in [9.17, 15) is 9.59 Å². The number of thioether (sulfide) groups is 1. The molecular formula is C14H17NO3S. The second-order valence-corrected chi connectivity index (χ2v) is 5.71. The van der Waals surface area contributed by atoms with Crippen LogP contribution in [-0.2, 0) is 16.0 Å². The van der Waals surface area contributed by atoms with E-state index in [2.05, 4.69) is 6.07 Å². The normalized spacial score (nSPS) is 18.6. The van der Waals surface area contributed by atoms with Crippen LogP contribution in [0.15, 0.2) is 24.3 Å². The van der Waals surface area contributed by atoms with Gasteiger partial charge in [0.05, 0.1) is 5.88 Å². The van der Waals surface area contributed by atoms with Crippen LogP contribution in [0.1, 0.15) is 17.5 Å². The first kappa shape index (κ1) is 13.9. The van der Waals surface area contributed by atoms with Crippen LogP contribution in [0.25, 0.3) is 0 Å². The number of hydrogen-bond acceptors (Lipinski definition) is 3. The lowest BCUT2D eigenvalue weighted by Gasteiger charge is -2.20. The van der Waals surface area contributed by atoms with Gasteiger partial charge in [-0.05, 0) is 18.9 Å². The van der Waals surface area contributed by atoms with Gasteiger partial charge in [0, 0.05) is 12.2 Å². The molecule has 0 radical (unpaired) electrons. The first-order chi connectivity index (χ1) is 9.08. The molecule has 4 nitrogen and oxygen atoms in total. The minimum Gasteiger partial charge on any atom is -0.480 e. The highest BCUT2D eigenvalue weighted by atomic mass is 32.2. The zero-order valence-electron chi connectivity index (χ0n) is 10.8. The van der Waals surface area contributed by atoms with Gasteiger partial charge in [-0.3, -0.25) is 4.79 Å². The Bertz CT molecular complexity index is 489. The highest BCUT2D eigenvalue weighted by Crippen LogP contribution is 2.22. The molecule has 0 aromatic heterocycles. The Morgan fingerprint density at radius 2 is 2.26 bits per heavy atom. The van der Waals surface area contributed by atoms with Gasteiger partial charge in [0.15, 0.2) is 0 Å². The van der Waals surface area contributed by atoms with E-state index in [1.165, 1.54) is 22.2 Å². The zero-order valence-corrected chi connectivity index (χ0v) is 11.7. The van der Waals surface area contributed by atoms with E-state index in [0.29, 0.717) is 24.5 Å². The standard InChI is InChI=1S/C14H17NO3S/c1-10-3-2-4-11(7-10)5-6-13(16)15-9-19-8-12(15)14(17)18/h2-4,7,12H,5-6,8-9H2,1H3,(H,17,18)/t12-/m0/s1. The molecule has 0 unspecified atom stereocenters. The van der Waals surface area contributed by atoms with Crippen LogP contribution < -0.4 is 0 Å². The molecule has 1 aliphatic heterocycles. The smallest absolute Gasteiger partial charge is 0.327 e. The molecule has 1 fully saturated rings. The molecule has 1 N–H and O–H groups in total. The second kappa shape index (κ2) is 6.10. The molecule has 5 heteroatoms. The van der Waals surface area contributed by atoms with E-state index >= 15 is 0 Å². The third kappa shape index (κ3) is 3.50. The summed E-state index contributed by atoms with van der Waals surface area (Å²) in [7, 11) is 0. The zero-order chi connectivity index (χ0) is 13.8. The molecule has 1 aromatic rings. The van der Waals surface area contributed by atoms with Crippen LogP contribution in [0.2, 0.25) is 0 Å². The molecular weight excluding hydrogens is 262 g/mol. The van der Waals surface area contributed by atoms with Crippen molar-refractivity contribution in [3.05, 3.63) is 35.4 Å². The van der Waals surface area contributed by atoms with Crippen LogP contribution in [0.3, 0.4) is 0 Å². The van der Waals surface area contributed by atoms with E-state index in [4.69, 9.17) is 5.11 Å². The van der Waals surface area contributed by atoms with Gasteiger partial charge in [0.2, 0.25) is 5.91 Å². The first-order valence-corrected chi connectivity index (χ1v) is 7.39. The Morgan fingerprint density at radius 1 is 1.47 bits per heavy atom. The topological polar surface area (TPSA) is 57.6 Å². The van der Waals surface area contributed by atoms with Crippen molar-refractivity contribution in [2.24, 2.45) is 0 Å². The van der Waals surface area contributed by atoms with Gasteiger partial charge in [0.25, 0.3) is 0 Å². The quantitative estimate of drug-likeness (QED) is 0.914. The fourth-order valence-corrected chi connectivity index (χ4v) is 3.33. The van der Waals surface area contributed by atoms with Crippen LogP contribution in [0.5, 0.6) is 0 Å². The van der Waals surface area contributed by atoms with Crippen molar-refractivity contribution in [1.82, 2.24) is 4.90 Å². The summed E-state index contributed by atoms with van der Waals surface area (Å²) in [5.74, 6) is 0.00241. The number of hydrogen-bond donors (Lipinski definition) is 1. The number of carboxylic acids is 1. The molecule has 0 bridgehead atoms. The fraction of sp³-hybridized carbons (Fsp3) is 0.429. The highest BCUT2D eigenvalue weighted by Gasteiger charge is 2.33. The number of amides is 1. The lowest BCUT2D eigenvalue weighted by Crippen LogP contribution is -2.41. The summed E-state index contributed by atoms with van der Waals surface area (Å²) in [5.41, 5.74) is 2.29. The third-order valence-corrected chi connectivity index (χ3v) is 4.21. The Labute approximate surface area is 116 Å². The molecule has 1 amide bonds. The van der Waals surface area contributed by atoms with Gasteiger partial charge < -0.3 is 10.0 Å². The summed E-state index contributed by atoms with van der Waals surface area (Å²) in [5, 5.41) is 9.05. The van der Waals surface area contributed by atoms with E-state index in [0.717, 1.165) is 5.56 Å². The SMILES string of the molecule is Cc1cccc(CCC(=O)N2CSC[C@H]2C(=O)O)c1. The van der Waals surface area contributed by atoms with Crippen molar-refractivity contribution in [2.45, 2.75) is 25.8 Å². The number of aryl methyl sites for hydroxylation is 2. The predicted molar refractivity (Wildman–Crippen MR) is 75.1 cm³/mol. The van der Waals surface area contributed by atoms with Gasteiger partial charge in [-0.25, -0.2) is 4.79 Å². The average Bonchev–Trinajstić information content (AvgIpc) is 2.85. The Kier molecular flexibility index (Phi) is 4.47. The van der Waals surface area contributed by atoms with Crippen LogP contribution in [-0.4, -0.2) is 39.6 Å². The summed E-state index contributed by atoms with van der Waals surface area (Å²) >= 11 is 1.50. The van der Waals surface area contributed by atoms with Crippen LogP contribution in [0.4, 0.5) is 0 Å². The molecule has 0 spiro atoms. The summed E-state index contributed by atoms with van der Waals surface area (Å²) < 4.78 is 0. The number of carboxylic acid groups (broad SMARTS) is 1. The third-order valence-electron chi connectivity index (χ3n) is 3.20. The summed E-state index contributed by atoms with van der Waals surface area (Å²) in [4.78, 5) is 24.6. The van der Waals surface area contributed by atoms with Gasteiger partial charge in [-0.2, -0.15) is 0 Å². The molecule has 0 saturated carbocycles. The maximum atomic E-state index is 12.1. The highest BCUT2D eigenvalue weighted by molar-refractivity contribution is 7.99. The molecule has 2 rings (SSSR count). The van der Waals surface area contributed by atoms with Crippen LogP contribution in [0, 0.1) is 6.92 Å². The second-order valence-electron chi connectivity index (χ2n) is 4.71. The molecule has 1 atom stereocenters. The lowest BCUT2D eigenvalue weighted by atomic mass is 10.1. The van der Waals surface area contributed by atoms with E-state index in [1.54, 1.807) is 0 Å². The lowest BCUT2D eigenvalue weighted by molar-refractivity contribution is -0.147. The van der Waals surface area contributed by atoms with Crippen molar-refractivity contribution in [3.63, 3.8) is 0 Å². The summed E-state index contributed by atoms with van der Waals surface area (Å²) in [6.45, 7) is 2.02. The monoisotopic (exact) mass is 279 g/mol.